The molecule has 17 heavy (non-hydrogen) atoms. The fourth-order valence-corrected chi connectivity index (χ4v) is 1.46. The van der Waals surface area contributed by atoms with Crippen LogP contribution in [0.2, 0.25) is 0 Å². The highest BCUT2D eigenvalue weighted by atomic mass is 16.5. The van der Waals surface area contributed by atoms with Crippen molar-refractivity contribution in [1.82, 2.24) is 4.98 Å². The number of esters is 1. The summed E-state index contributed by atoms with van der Waals surface area (Å²) in [5.41, 5.74) is 1.10. The number of nitrogens with zero attached hydrogens (tertiary/aromatic N) is 1. The van der Waals surface area contributed by atoms with E-state index in [1.54, 1.807) is 18.2 Å². The van der Waals surface area contributed by atoms with Gasteiger partial charge in [0.25, 0.3) is 0 Å². The van der Waals surface area contributed by atoms with Gasteiger partial charge in [0.05, 0.1) is 12.8 Å². The first-order valence-corrected chi connectivity index (χ1v) is 5.05. The summed E-state index contributed by atoms with van der Waals surface area (Å²) in [5.74, 6) is -0.319. The van der Waals surface area contributed by atoms with Crippen molar-refractivity contribution in [2.75, 3.05) is 7.11 Å². The first-order valence-electron chi connectivity index (χ1n) is 5.05. The largest absolute Gasteiger partial charge is 0.506 e. The van der Waals surface area contributed by atoms with Crippen LogP contribution in [-0.2, 0) is 9.53 Å². The Labute approximate surface area is 98.2 Å². The molecule has 0 amide bonds. The standard InChI is InChI=1S/C13H11NO3/c1-17-12(16)8-7-10-6-5-9-3-2-4-11(15)13(9)14-10/h2-8,15H,1H3/b8-7-. The third-order valence-electron chi connectivity index (χ3n) is 2.31. The molecule has 1 N–H and O–H groups in total. The maximum Gasteiger partial charge on any atom is 0.330 e. The van der Waals surface area contributed by atoms with Crippen molar-refractivity contribution in [2.24, 2.45) is 0 Å². The molecule has 0 aliphatic carbocycles. The summed E-state index contributed by atoms with van der Waals surface area (Å²) >= 11 is 0. The Kier molecular flexibility index (Phi) is 3.05. The van der Waals surface area contributed by atoms with E-state index in [0.29, 0.717) is 11.2 Å². The van der Waals surface area contributed by atoms with Gasteiger partial charge in [0.2, 0.25) is 0 Å². The normalized spacial score (nSPS) is 10.9. The van der Waals surface area contributed by atoms with Crippen LogP contribution in [0.5, 0.6) is 5.75 Å². The number of hydrogen-bond acceptors (Lipinski definition) is 4. The van der Waals surface area contributed by atoms with Gasteiger partial charge in [0.15, 0.2) is 0 Å². The first-order chi connectivity index (χ1) is 8.20. The minimum absolute atomic E-state index is 0.121. The number of benzene rings is 1. The second-order valence-corrected chi connectivity index (χ2v) is 3.44. The lowest BCUT2D eigenvalue weighted by Gasteiger charge is -2.00. The monoisotopic (exact) mass is 229 g/mol. The van der Waals surface area contributed by atoms with Gasteiger partial charge in [0, 0.05) is 11.5 Å². The zero-order valence-electron chi connectivity index (χ0n) is 9.25. The second-order valence-electron chi connectivity index (χ2n) is 3.44. The summed E-state index contributed by atoms with van der Waals surface area (Å²) in [5, 5.41) is 10.5. The van der Waals surface area contributed by atoms with Crippen molar-refractivity contribution < 1.29 is 14.6 Å². The highest BCUT2D eigenvalue weighted by Crippen LogP contribution is 2.22. The molecule has 0 saturated heterocycles. The molecule has 0 saturated carbocycles. The number of phenols is 1. The molecule has 0 aliphatic rings. The van der Waals surface area contributed by atoms with Crippen LogP contribution in [0.15, 0.2) is 36.4 Å². The molecule has 0 fully saturated rings. The molecule has 4 heteroatoms. The molecule has 2 aromatic rings. The van der Waals surface area contributed by atoms with E-state index >= 15 is 0 Å². The molecule has 0 atom stereocenters. The number of carbonyl (C=O) groups is 1. The number of aromatic hydroxyl groups is 1. The van der Waals surface area contributed by atoms with Crippen molar-refractivity contribution in [3.8, 4) is 5.75 Å². The zero-order valence-corrected chi connectivity index (χ0v) is 9.25. The molecular formula is C13H11NO3. The Bertz CT molecular complexity index is 590. The molecule has 4 nitrogen and oxygen atoms in total. The van der Waals surface area contributed by atoms with Crippen molar-refractivity contribution >= 4 is 22.9 Å². The molecule has 0 bridgehead atoms. The van der Waals surface area contributed by atoms with Crippen LogP contribution in [0.3, 0.4) is 0 Å². The summed E-state index contributed by atoms with van der Waals surface area (Å²) in [6, 6.07) is 8.78. The van der Waals surface area contributed by atoms with E-state index in [2.05, 4.69) is 9.72 Å². The number of fused-ring (bicyclic) bond motifs is 1. The number of pyridine rings is 1. The molecule has 2 rings (SSSR count). The fourth-order valence-electron chi connectivity index (χ4n) is 1.46. The number of phenolic OH excluding ortho intramolecular Hbond substituents is 1. The Morgan fingerprint density at radius 1 is 1.35 bits per heavy atom. The predicted molar refractivity (Wildman–Crippen MR) is 64.5 cm³/mol. The molecular weight excluding hydrogens is 218 g/mol. The quantitative estimate of drug-likeness (QED) is 0.633. The van der Waals surface area contributed by atoms with Crippen LogP contribution < -0.4 is 0 Å². The van der Waals surface area contributed by atoms with Gasteiger partial charge in [-0.3, -0.25) is 0 Å². The van der Waals surface area contributed by atoms with Gasteiger partial charge in [-0.15, -0.1) is 0 Å². The van der Waals surface area contributed by atoms with Gasteiger partial charge < -0.3 is 9.84 Å². The van der Waals surface area contributed by atoms with E-state index in [1.165, 1.54) is 19.3 Å². The third kappa shape index (κ3) is 2.42. The second kappa shape index (κ2) is 4.65. The summed E-state index contributed by atoms with van der Waals surface area (Å²) < 4.78 is 4.48. The fraction of sp³-hybridized carbons (Fsp3) is 0.0769. The van der Waals surface area contributed by atoms with Gasteiger partial charge >= 0.3 is 5.97 Å². The zero-order chi connectivity index (χ0) is 12.3. The maximum absolute atomic E-state index is 10.9. The molecule has 0 radical (unpaired) electrons. The smallest absolute Gasteiger partial charge is 0.330 e. The average molecular weight is 229 g/mol. The van der Waals surface area contributed by atoms with E-state index in [9.17, 15) is 9.90 Å². The maximum atomic E-state index is 10.9. The van der Waals surface area contributed by atoms with Crippen LogP contribution in [0.1, 0.15) is 5.69 Å². The van der Waals surface area contributed by atoms with Crippen molar-refractivity contribution in [1.29, 1.82) is 0 Å². The number of para-hydroxylation sites is 1. The molecule has 86 valence electrons. The topological polar surface area (TPSA) is 59.4 Å². The van der Waals surface area contributed by atoms with Crippen molar-refractivity contribution in [2.45, 2.75) is 0 Å². The van der Waals surface area contributed by atoms with Crippen LogP contribution in [0, 0.1) is 0 Å². The summed E-state index contributed by atoms with van der Waals surface area (Å²) in [6.45, 7) is 0. The SMILES string of the molecule is COC(=O)/C=C\c1ccc2cccc(O)c2n1. The number of rotatable bonds is 2. The van der Waals surface area contributed by atoms with Gasteiger partial charge in [-0.1, -0.05) is 18.2 Å². The number of methoxy groups -OCH3 is 1. The first kappa shape index (κ1) is 11.1. The lowest BCUT2D eigenvalue weighted by atomic mass is 10.2. The van der Waals surface area contributed by atoms with Crippen molar-refractivity contribution in [3.63, 3.8) is 0 Å². The Hall–Kier alpha value is -2.36. The predicted octanol–water partition coefficient (Wildman–Crippen LogP) is 2.13. The Morgan fingerprint density at radius 3 is 2.94 bits per heavy atom. The molecule has 1 heterocycles. The van der Waals surface area contributed by atoms with Crippen LogP contribution in [0.4, 0.5) is 0 Å². The van der Waals surface area contributed by atoms with E-state index in [0.717, 1.165) is 5.39 Å². The van der Waals surface area contributed by atoms with Crippen LogP contribution in [0.25, 0.3) is 17.0 Å². The lowest BCUT2D eigenvalue weighted by Crippen LogP contribution is -1.93. The highest BCUT2D eigenvalue weighted by Gasteiger charge is 2.01. The van der Waals surface area contributed by atoms with E-state index < -0.39 is 5.97 Å². The number of hydrogen-bond donors (Lipinski definition) is 1. The van der Waals surface area contributed by atoms with Crippen molar-refractivity contribution in [3.05, 3.63) is 42.1 Å². The molecule has 0 aliphatic heterocycles. The molecule has 1 aromatic carbocycles. The molecule has 0 spiro atoms. The average Bonchev–Trinajstić information content (AvgIpc) is 2.36. The number of ether oxygens (including phenoxy) is 1. The highest BCUT2D eigenvalue weighted by molar-refractivity contribution is 5.88. The summed E-state index contributed by atoms with van der Waals surface area (Å²) in [4.78, 5) is 15.2. The minimum Gasteiger partial charge on any atom is -0.506 e. The lowest BCUT2D eigenvalue weighted by molar-refractivity contribution is -0.134. The van der Waals surface area contributed by atoms with Gasteiger partial charge in [-0.05, 0) is 18.2 Å². The Balaban J connectivity index is 2.41. The molecule has 0 unspecified atom stereocenters. The number of aromatic nitrogens is 1. The van der Waals surface area contributed by atoms with Gasteiger partial charge in [-0.2, -0.15) is 0 Å². The Morgan fingerprint density at radius 2 is 2.18 bits per heavy atom. The van der Waals surface area contributed by atoms with E-state index in [4.69, 9.17) is 0 Å². The number of carbonyl (C=O) groups excluding carboxylic acids is 1. The summed E-state index contributed by atoms with van der Waals surface area (Å²) in [7, 11) is 1.31. The van der Waals surface area contributed by atoms with E-state index in [1.807, 2.05) is 12.1 Å². The summed E-state index contributed by atoms with van der Waals surface area (Å²) in [6.07, 6.45) is 2.83. The van der Waals surface area contributed by atoms with E-state index in [-0.39, 0.29) is 5.75 Å². The van der Waals surface area contributed by atoms with Crippen LogP contribution in [-0.4, -0.2) is 23.2 Å². The minimum atomic E-state index is -0.441. The van der Waals surface area contributed by atoms with Crippen LogP contribution >= 0.6 is 0 Å². The van der Waals surface area contributed by atoms with Gasteiger partial charge in [-0.25, -0.2) is 9.78 Å². The van der Waals surface area contributed by atoms with Gasteiger partial charge in [0.1, 0.15) is 11.3 Å². The molecule has 1 aromatic heterocycles. The third-order valence-corrected chi connectivity index (χ3v) is 2.31.